The molecule has 108 valence electrons. The first-order chi connectivity index (χ1) is 9.49. The predicted molar refractivity (Wildman–Crippen MR) is 88.9 cm³/mol. The van der Waals surface area contributed by atoms with Crippen LogP contribution in [0.4, 0.5) is 0 Å². The van der Waals surface area contributed by atoms with Crippen molar-refractivity contribution >= 4 is 13.8 Å². The molecule has 0 spiro atoms. The average molecular weight is 287 g/mol. The molecule has 0 aliphatic carbocycles. The summed E-state index contributed by atoms with van der Waals surface area (Å²) in [5.74, 6) is 0.435. The van der Waals surface area contributed by atoms with Crippen molar-refractivity contribution in [3.05, 3.63) is 48.6 Å². The summed E-state index contributed by atoms with van der Waals surface area (Å²) in [6.07, 6.45) is 4.31. The van der Waals surface area contributed by atoms with E-state index in [-0.39, 0.29) is 6.10 Å². The highest BCUT2D eigenvalue weighted by atomic mass is 28.3. The zero-order chi connectivity index (χ0) is 14.6. The highest BCUT2D eigenvalue weighted by Crippen LogP contribution is 2.29. The van der Waals surface area contributed by atoms with Gasteiger partial charge < -0.3 is 4.84 Å². The van der Waals surface area contributed by atoms with E-state index < -0.39 is 8.07 Å². The van der Waals surface area contributed by atoms with E-state index in [1.54, 1.807) is 0 Å². The molecule has 0 amide bonds. The molecule has 0 aromatic heterocycles. The van der Waals surface area contributed by atoms with Gasteiger partial charge in [-0.1, -0.05) is 61.2 Å². The molecule has 0 saturated carbocycles. The Hall–Kier alpha value is -1.35. The van der Waals surface area contributed by atoms with E-state index >= 15 is 0 Å². The number of rotatable bonds is 5. The molecule has 20 heavy (non-hydrogen) atoms. The first-order valence-electron chi connectivity index (χ1n) is 7.39. The summed E-state index contributed by atoms with van der Waals surface area (Å²) < 4.78 is 0. The lowest BCUT2D eigenvalue weighted by Gasteiger charge is -2.31. The van der Waals surface area contributed by atoms with Crippen LogP contribution in [0.2, 0.25) is 25.7 Å². The Balaban J connectivity index is 2.17. The number of hydrogen-bond acceptors (Lipinski definition) is 2. The van der Waals surface area contributed by atoms with Crippen molar-refractivity contribution in [3.8, 4) is 0 Å². The van der Waals surface area contributed by atoms with Crippen LogP contribution in [0.1, 0.15) is 18.4 Å². The average Bonchev–Trinajstić information content (AvgIpc) is 2.38. The summed E-state index contributed by atoms with van der Waals surface area (Å²) in [6, 6.07) is 11.5. The van der Waals surface area contributed by atoms with E-state index in [2.05, 4.69) is 55.6 Å². The number of oxime groups is 1. The normalized spacial score (nSPS) is 22.9. The second kappa shape index (κ2) is 6.40. The van der Waals surface area contributed by atoms with E-state index in [4.69, 9.17) is 4.84 Å². The maximum absolute atomic E-state index is 5.79. The molecule has 1 aliphatic heterocycles. The Labute approximate surface area is 123 Å². The molecule has 2 nitrogen and oxygen atoms in total. The summed E-state index contributed by atoms with van der Waals surface area (Å²) in [4.78, 5) is 5.79. The second-order valence-corrected chi connectivity index (χ2v) is 12.3. The van der Waals surface area contributed by atoms with Crippen molar-refractivity contribution in [3.63, 3.8) is 0 Å². The molecule has 0 unspecified atom stereocenters. The minimum Gasteiger partial charge on any atom is -0.393 e. The lowest BCUT2D eigenvalue weighted by Crippen LogP contribution is -2.34. The van der Waals surface area contributed by atoms with Crippen LogP contribution in [-0.4, -0.2) is 19.9 Å². The first-order valence-corrected chi connectivity index (χ1v) is 11.1. The summed E-state index contributed by atoms with van der Waals surface area (Å²) in [6.45, 7) is 11.0. The number of nitrogens with zero attached hydrogens (tertiary/aromatic N) is 1. The van der Waals surface area contributed by atoms with Crippen molar-refractivity contribution in [2.45, 2.75) is 44.6 Å². The zero-order valence-electron chi connectivity index (χ0n) is 12.8. The van der Waals surface area contributed by atoms with Gasteiger partial charge in [-0.25, -0.2) is 0 Å². The Bertz CT molecular complexity index is 476. The fraction of sp³-hybridized carbons (Fsp3) is 0.471. The maximum Gasteiger partial charge on any atom is 0.125 e. The van der Waals surface area contributed by atoms with Crippen LogP contribution in [0.15, 0.2) is 48.1 Å². The van der Waals surface area contributed by atoms with E-state index in [0.29, 0.717) is 5.92 Å². The lowest BCUT2D eigenvalue weighted by molar-refractivity contribution is 0.0445. The molecule has 1 aromatic carbocycles. The third-order valence-corrected chi connectivity index (χ3v) is 5.28. The Morgan fingerprint density at radius 3 is 2.60 bits per heavy atom. The monoisotopic (exact) mass is 287 g/mol. The maximum atomic E-state index is 5.79. The molecule has 2 rings (SSSR count). The quantitative estimate of drug-likeness (QED) is 0.567. The molecule has 0 fully saturated rings. The molecule has 3 heteroatoms. The van der Waals surface area contributed by atoms with Gasteiger partial charge in [-0.15, -0.1) is 6.58 Å². The van der Waals surface area contributed by atoms with Gasteiger partial charge in [-0.3, -0.25) is 0 Å². The third kappa shape index (κ3) is 4.07. The molecule has 0 bridgehead atoms. The Morgan fingerprint density at radius 2 is 2.00 bits per heavy atom. The minimum atomic E-state index is -1.12. The van der Waals surface area contributed by atoms with Gasteiger partial charge in [0.25, 0.3) is 0 Å². The second-order valence-electron chi connectivity index (χ2n) is 6.79. The van der Waals surface area contributed by atoms with Crippen molar-refractivity contribution < 1.29 is 4.84 Å². The fourth-order valence-corrected chi connectivity index (χ4v) is 4.40. The molecule has 2 atom stereocenters. The Morgan fingerprint density at radius 1 is 1.30 bits per heavy atom. The lowest BCUT2D eigenvalue weighted by atomic mass is 9.88. The highest BCUT2D eigenvalue weighted by molar-refractivity contribution is 6.76. The van der Waals surface area contributed by atoms with Gasteiger partial charge in [-0.05, 0) is 24.4 Å². The number of benzene rings is 1. The molecule has 0 saturated heterocycles. The van der Waals surface area contributed by atoms with E-state index in [9.17, 15) is 0 Å². The van der Waals surface area contributed by atoms with Crippen LogP contribution in [0, 0.1) is 5.92 Å². The van der Waals surface area contributed by atoms with Crippen molar-refractivity contribution in [1.29, 1.82) is 0 Å². The van der Waals surface area contributed by atoms with Gasteiger partial charge in [0.05, 0.1) is 5.71 Å². The summed E-state index contributed by atoms with van der Waals surface area (Å²) in [5.41, 5.74) is 2.25. The summed E-state index contributed by atoms with van der Waals surface area (Å²) in [5, 5.41) is 4.46. The van der Waals surface area contributed by atoms with Crippen LogP contribution in [0.25, 0.3) is 0 Å². The van der Waals surface area contributed by atoms with E-state index in [0.717, 1.165) is 18.6 Å². The van der Waals surface area contributed by atoms with Gasteiger partial charge in [-0.2, -0.15) is 0 Å². The molecule has 1 aliphatic rings. The Kier molecular flexibility index (Phi) is 4.81. The molecule has 0 N–H and O–H groups in total. The van der Waals surface area contributed by atoms with Gasteiger partial charge >= 0.3 is 0 Å². The van der Waals surface area contributed by atoms with Crippen molar-refractivity contribution in [2.75, 3.05) is 0 Å². The first kappa shape index (κ1) is 15.0. The SMILES string of the molecule is C=CC[C@@H]1C[C@H](C[Si](C)(C)C)ON=C1c1ccccc1. The number of hydrogen-bond donors (Lipinski definition) is 0. The van der Waals surface area contributed by atoms with Gasteiger partial charge in [0, 0.05) is 14.0 Å². The van der Waals surface area contributed by atoms with Crippen LogP contribution in [0.5, 0.6) is 0 Å². The predicted octanol–water partition coefficient (Wildman–Crippen LogP) is 4.71. The topological polar surface area (TPSA) is 21.6 Å². The van der Waals surface area contributed by atoms with Crippen molar-refractivity contribution in [2.24, 2.45) is 11.1 Å². The van der Waals surface area contributed by atoms with Gasteiger partial charge in [0.15, 0.2) is 0 Å². The van der Waals surface area contributed by atoms with E-state index in [1.807, 2.05) is 12.1 Å². The van der Waals surface area contributed by atoms with Crippen LogP contribution >= 0.6 is 0 Å². The van der Waals surface area contributed by atoms with Gasteiger partial charge in [0.1, 0.15) is 6.10 Å². The molecular formula is C17H25NOSi. The van der Waals surface area contributed by atoms with Crippen molar-refractivity contribution in [1.82, 2.24) is 0 Å². The summed E-state index contributed by atoms with van der Waals surface area (Å²) in [7, 11) is -1.12. The minimum absolute atomic E-state index is 0.277. The molecule has 1 heterocycles. The largest absolute Gasteiger partial charge is 0.393 e. The van der Waals surface area contributed by atoms with Crippen LogP contribution < -0.4 is 0 Å². The zero-order valence-corrected chi connectivity index (χ0v) is 13.8. The fourth-order valence-electron chi connectivity index (χ4n) is 2.79. The number of allylic oxidation sites excluding steroid dienone is 1. The third-order valence-electron chi connectivity index (χ3n) is 3.60. The molecular weight excluding hydrogens is 262 g/mol. The smallest absolute Gasteiger partial charge is 0.125 e. The van der Waals surface area contributed by atoms with E-state index in [1.165, 1.54) is 11.6 Å². The molecule has 0 radical (unpaired) electrons. The summed E-state index contributed by atoms with van der Waals surface area (Å²) >= 11 is 0. The highest BCUT2D eigenvalue weighted by Gasteiger charge is 2.31. The van der Waals surface area contributed by atoms with Gasteiger partial charge in [0.2, 0.25) is 0 Å². The van der Waals surface area contributed by atoms with Crippen LogP contribution in [0.3, 0.4) is 0 Å². The molecule has 1 aromatic rings. The van der Waals surface area contributed by atoms with Crippen LogP contribution in [-0.2, 0) is 4.84 Å². The standard InChI is InChI=1S/C17H25NOSi/c1-5-9-15-12-16(13-20(2,3)4)19-18-17(15)14-10-7-6-8-11-14/h5-8,10-11,15-16H,1,9,12-13H2,2-4H3/t15-,16-/m1/s1.